The van der Waals surface area contributed by atoms with Crippen LogP contribution in [0.15, 0.2) is 29.2 Å². The molecule has 0 aliphatic heterocycles. The Labute approximate surface area is 121 Å². The zero-order valence-corrected chi connectivity index (χ0v) is 13.0. The van der Waals surface area contributed by atoms with Crippen LogP contribution >= 0.6 is 12.4 Å². The maximum absolute atomic E-state index is 12.0. The van der Waals surface area contributed by atoms with Gasteiger partial charge >= 0.3 is 0 Å². The zero-order chi connectivity index (χ0) is 13.6. The molecular formula is C12H21ClN2O3S. The molecule has 0 saturated heterocycles. The lowest BCUT2D eigenvalue weighted by atomic mass is 10.3. The Morgan fingerprint density at radius 3 is 2.32 bits per heavy atom. The summed E-state index contributed by atoms with van der Waals surface area (Å²) < 4.78 is 31.5. The van der Waals surface area contributed by atoms with Crippen LogP contribution in [0, 0.1) is 0 Å². The maximum atomic E-state index is 12.0. The van der Waals surface area contributed by atoms with Crippen LogP contribution in [0.5, 0.6) is 5.75 Å². The van der Waals surface area contributed by atoms with E-state index in [0.717, 1.165) is 6.54 Å². The number of likely N-dealkylation sites (N-methyl/N-ethyl adjacent to an activating group) is 1. The van der Waals surface area contributed by atoms with E-state index in [1.54, 1.807) is 19.2 Å². The lowest BCUT2D eigenvalue weighted by molar-refractivity contribution is 0.414. The van der Waals surface area contributed by atoms with E-state index in [0.29, 0.717) is 12.3 Å². The van der Waals surface area contributed by atoms with Gasteiger partial charge in [-0.3, -0.25) is 0 Å². The summed E-state index contributed by atoms with van der Waals surface area (Å²) in [5.41, 5.74) is 0. The molecule has 2 N–H and O–H groups in total. The van der Waals surface area contributed by atoms with Gasteiger partial charge in [0, 0.05) is 12.6 Å². The van der Waals surface area contributed by atoms with Crippen LogP contribution in [-0.4, -0.2) is 34.7 Å². The van der Waals surface area contributed by atoms with Crippen LogP contribution < -0.4 is 14.8 Å². The van der Waals surface area contributed by atoms with Crippen LogP contribution in [0.3, 0.4) is 0 Å². The fourth-order valence-corrected chi connectivity index (χ4v) is 2.62. The molecule has 1 atom stereocenters. The van der Waals surface area contributed by atoms with Gasteiger partial charge in [-0.1, -0.05) is 6.92 Å². The number of ether oxygens (including phenoxy) is 1. The molecule has 1 aromatic rings. The van der Waals surface area contributed by atoms with Crippen LogP contribution in [-0.2, 0) is 10.0 Å². The summed E-state index contributed by atoms with van der Waals surface area (Å²) in [4.78, 5) is 0.243. The van der Waals surface area contributed by atoms with E-state index in [1.165, 1.54) is 12.1 Å². The van der Waals surface area contributed by atoms with Gasteiger partial charge in [-0.15, -0.1) is 12.4 Å². The standard InChI is InChI=1S/C12H20N2O3S.ClH/c1-4-13-10(2)9-14-18(15,16)12-7-5-11(17-3)6-8-12;/h5-8,10,13-14H,4,9H2,1-3H3;1H/t10-;/m1./s1. The van der Waals surface area contributed by atoms with E-state index in [1.807, 2.05) is 13.8 Å². The summed E-state index contributed by atoms with van der Waals surface area (Å²) in [6, 6.07) is 6.41. The minimum Gasteiger partial charge on any atom is -0.497 e. The van der Waals surface area contributed by atoms with Gasteiger partial charge in [0.05, 0.1) is 12.0 Å². The van der Waals surface area contributed by atoms with Crippen molar-refractivity contribution in [2.45, 2.75) is 24.8 Å². The smallest absolute Gasteiger partial charge is 0.240 e. The number of benzene rings is 1. The lowest BCUT2D eigenvalue weighted by Gasteiger charge is -2.13. The van der Waals surface area contributed by atoms with E-state index >= 15 is 0 Å². The number of sulfonamides is 1. The van der Waals surface area contributed by atoms with E-state index in [9.17, 15) is 8.42 Å². The SMILES string of the molecule is CCN[C@H](C)CNS(=O)(=O)c1ccc(OC)cc1.Cl. The normalized spacial score (nSPS) is 12.6. The Morgan fingerprint density at radius 2 is 1.84 bits per heavy atom. The first-order valence-electron chi connectivity index (χ1n) is 5.86. The first kappa shape index (κ1) is 18.2. The summed E-state index contributed by atoms with van der Waals surface area (Å²) >= 11 is 0. The molecule has 0 fully saturated rings. The number of hydrogen-bond acceptors (Lipinski definition) is 4. The number of nitrogens with one attached hydrogen (secondary N) is 2. The topological polar surface area (TPSA) is 67.4 Å². The van der Waals surface area contributed by atoms with Gasteiger partial charge < -0.3 is 10.1 Å². The summed E-state index contributed by atoms with van der Waals surface area (Å²) in [5, 5.41) is 3.14. The predicted octanol–water partition coefficient (Wildman–Crippen LogP) is 1.39. The van der Waals surface area contributed by atoms with Crippen molar-refractivity contribution >= 4 is 22.4 Å². The average molecular weight is 309 g/mol. The second kappa shape index (κ2) is 8.37. The highest BCUT2D eigenvalue weighted by atomic mass is 35.5. The Morgan fingerprint density at radius 1 is 1.26 bits per heavy atom. The second-order valence-corrected chi connectivity index (χ2v) is 5.75. The first-order valence-corrected chi connectivity index (χ1v) is 7.35. The van der Waals surface area contributed by atoms with Gasteiger partial charge in [0.1, 0.15) is 5.75 Å². The summed E-state index contributed by atoms with van der Waals surface area (Å²) in [6.07, 6.45) is 0. The Balaban J connectivity index is 0.00000324. The van der Waals surface area contributed by atoms with E-state index in [4.69, 9.17) is 4.74 Å². The van der Waals surface area contributed by atoms with Crippen molar-refractivity contribution in [2.24, 2.45) is 0 Å². The van der Waals surface area contributed by atoms with Crippen molar-refractivity contribution in [1.82, 2.24) is 10.0 Å². The third-order valence-corrected chi connectivity index (χ3v) is 3.94. The van der Waals surface area contributed by atoms with Crippen molar-refractivity contribution in [2.75, 3.05) is 20.2 Å². The number of rotatable bonds is 7. The third-order valence-electron chi connectivity index (χ3n) is 2.50. The summed E-state index contributed by atoms with van der Waals surface area (Å²) in [6.45, 7) is 5.09. The highest BCUT2D eigenvalue weighted by Crippen LogP contribution is 2.15. The molecule has 0 aliphatic rings. The largest absolute Gasteiger partial charge is 0.497 e. The van der Waals surface area contributed by atoms with Crippen LogP contribution in [0.4, 0.5) is 0 Å². The fourth-order valence-electron chi connectivity index (χ4n) is 1.49. The molecule has 110 valence electrons. The molecule has 0 unspecified atom stereocenters. The molecule has 0 radical (unpaired) electrons. The van der Waals surface area contributed by atoms with Crippen LogP contribution in [0.1, 0.15) is 13.8 Å². The number of hydrogen-bond donors (Lipinski definition) is 2. The van der Waals surface area contributed by atoms with E-state index in [-0.39, 0.29) is 23.3 Å². The number of methoxy groups -OCH3 is 1. The maximum Gasteiger partial charge on any atom is 0.240 e. The third kappa shape index (κ3) is 5.78. The van der Waals surface area contributed by atoms with Gasteiger partial charge in [-0.2, -0.15) is 0 Å². The lowest BCUT2D eigenvalue weighted by Crippen LogP contribution is -2.38. The molecule has 19 heavy (non-hydrogen) atoms. The molecular weight excluding hydrogens is 288 g/mol. The Kier molecular flexibility index (Phi) is 8.01. The van der Waals surface area contributed by atoms with Crippen molar-refractivity contribution in [3.8, 4) is 5.75 Å². The zero-order valence-electron chi connectivity index (χ0n) is 11.3. The van der Waals surface area contributed by atoms with Crippen molar-refractivity contribution in [3.05, 3.63) is 24.3 Å². The van der Waals surface area contributed by atoms with Crippen molar-refractivity contribution in [1.29, 1.82) is 0 Å². The van der Waals surface area contributed by atoms with Gasteiger partial charge in [-0.05, 0) is 37.7 Å². The molecule has 0 aliphatic carbocycles. The minimum absolute atomic E-state index is 0. The van der Waals surface area contributed by atoms with Gasteiger partial charge in [0.2, 0.25) is 10.0 Å². The molecule has 7 heteroatoms. The predicted molar refractivity (Wildman–Crippen MR) is 78.6 cm³/mol. The molecule has 0 spiro atoms. The van der Waals surface area contributed by atoms with Crippen molar-refractivity contribution < 1.29 is 13.2 Å². The molecule has 0 heterocycles. The first-order chi connectivity index (χ1) is 8.49. The van der Waals surface area contributed by atoms with Gasteiger partial charge in [0.25, 0.3) is 0 Å². The number of halogens is 1. The molecule has 1 aromatic carbocycles. The van der Waals surface area contributed by atoms with E-state index in [2.05, 4.69) is 10.0 Å². The molecule has 5 nitrogen and oxygen atoms in total. The molecule has 0 bridgehead atoms. The quantitative estimate of drug-likeness (QED) is 0.799. The summed E-state index contributed by atoms with van der Waals surface area (Å²) in [7, 11) is -1.90. The van der Waals surface area contributed by atoms with Crippen molar-refractivity contribution in [3.63, 3.8) is 0 Å². The highest BCUT2D eigenvalue weighted by Gasteiger charge is 2.14. The molecule has 1 rings (SSSR count). The monoisotopic (exact) mass is 308 g/mol. The fraction of sp³-hybridized carbons (Fsp3) is 0.500. The van der Waals surface area contributed by atoms with E-state index < -0.39 is 10.0 Å². The summed E-state index contributed by atoms with van der Waals surface area (Å²) in [5.74, 6) is 0.634. The molecule has 0 amide bonds. The molecule has 0 aromatic heterocycles. The average Bonchev–Trinajstić information content (AvgIpc) is 2.37. The Hall–Kier alpha value is -0.820. The second-order valence-electron chi connectivity index (χ2n) is 3.99. The van der Waals surface area contributed by atoms with Crippen LogP contribution in [0.25, 0.3) is 0 Å². The molecule has 0 saturated carbocycles. The van der Waals surface area contributed by atoms with Gasteiger partial charge in [-0.25, -0.2) is 13.1 Å². The van der Waals surface area contributed by atoms with Gasteiger partial charge in [0.15, 0.2) is 0 Å². The van der Waals surface area contributed by atoms with Crippen LogP contribution in [0.2, 0.25) is 0 Å². The highest BCUT2D eigenvalue weighted by molar-refractivity contribution is 7.89. The minimum atomic E-state index is -3.44. The Bertz CT molecular complexity index is 462.